The fourth-order valence-electron chi connectivity index (χ4n) is 14.5. The third-order valence-corrected chi connectivity index (χ3v) is 20.2. The lowest BCUT2D eigenvalue weighted by Gasteiger charge is -2.51. The maximum Gasteiger partial charge on any atom is 0.252 e. The summed E-state index contributed by atoms with van der Waals surface area (Å²) in [4.78, 5) is 8.23. The van der Waals surface area contributed by atoms with Gasteiger partial charge in [0, 0.05) is 65.3 Å². The average Bonchev–Trinajstić information content (AvgIpc) is 2.88. The molecule has 3 nitrogen and oxygen atoms in total. The Morgan fingerprint density at radius 1 is 0.430 bits per heavy atom. The minimum absolute atomic E-state index is 0.0524. The van der Waals surface area contributed by atoms with Crippen molar-refractivity contribution in [2.24, 2.45) is 0 Å². The molecule has 4 heterocycles. The van der Waals surface area contributed by atoms with Crippen molar-refractivity contribution in [1.82, 2.24) is 0 Å². The van der Waals surface area contributed by atoms with Crippen LogP contribution in [0.4, 0.5) is 45.5 Å². The van der Waals surface area contributed by atoms with Crippen molar-refractivity contribution in [2.75, 3.05) is 14.7 Å². The summed E-state index contributed by atoms with van der Waals surface area (Å²) in [7, 11) is 0. The van der Waals surface area contributed by atoms with Gasteiger partial charge in [0.25, 0.3) is 6.71 Å². The number of thiophene rings is 1. The second-order valence-corrected chi connectivity index (χ2v) is 28.0. The zero-order chi connectivity index (χ0) is 54.5. The fraction of sp³-hybridized carbons (Fsp3) is 0.270. The van der Waals surface area contributed by atoms with E-state index in [1.165, 1.54) is 139 Å². The normalized spacial score (nSPS) is 18.6. The topological polar surface area (TPSA) is 9.72 Å². The summed E-state index contributed by atoms with van der Waals surface area (Å²) >= 11 is 1.91. The first kappa shape index (κ1) is 49.9. The van der Waals surface area contributed by atoms with Gasteiger partial charge in [0.2, 0.25) is 0 Å². The first-order chi connectivity index (χ1) is 37.8. The molecule has 1 fully saturated rings. The molecule has 1 aliphatic carbocycles. The van der Waals surface area contributed by atoms with Gasteiger partial charge in [-0.05, 0) is 158 Å². The van der Waals surface area contributed by atoms with Gasteiger partial charge in [-0.1, -0.05) is 203 Å². The van der Waals surface area contributed by atoms with E-state index in [2.05, 4.69) is 279 Å². The van der Waals surface area contributed by atoms with Gasteiger partial charge in [0.15, 0.2) is 0 Å². The molecule has 14 rings (SSSR count). The standard InChI is InChI=1S/C74H72BN3S/c1-70(2,3)50-32-36-59(55(42-50)48-25-16-13-17-26-48)76-61-37-33-51(71(4,5)6)43-57(61)75-58-44-52(72(7,8)9)34-38-62(58)77(63-28-22-30-67-68(63)54-27-18-19-29-66(54)79-67)65-46-53(45-64(76)69(65)75)78-60-35-31-49(47-23-14-12-15-24-47)41-56(60)73(10)39-20-21-40-74(73,78)11/h12-19,22-38,41-46H,20-21,39-40H2,1-11H3. The highest BCUT2D eigenvalue weighted by Gasteiger charge is 2.58. The molecule has 0 radical (unpaired) electrons. The van der Waals surface area contributed by atoms with Crippen LogP contribution in [-0.2, 0) is 21.7 Å². The van der Waals surface area contributed by atoms with Crippen LogP contribution in [0.3, 0.4) is 0 Å². The molecule has 9 aromatic carbocycles. The van der Waals surface area contributed by atoms with Crippen molar-refractivity contribution in [2.45, 2.75) is 129 Å². The van der Waals surface area contributed by atoms with E-state index in [9.17, 15) is 0 Å². The summed E-state index contributed by atoms with van der Waals surface area (Å²) in [5, 5.41) is 2.62. The highest BCUT2D eigenvalue weighted by molar-refractivity contribution is 7.26. The Morgan fingerprint density at radius 2 is 0.962 bits per heavy atom. The van der Waals surface area contributed by atoms with Crippen molar-refractivity contribution < 1.29 is 0 Å². The molecule has 2 unspecified atom stereocenters. The monoisotopic (exact) mass is 1050 g/mol. The number of hydrogen-bond acceptors (Lipinski definition) is 4. The Labute approximate surface area is 473 Å². The molecule has 3 aliphatic heterocycles. The number of benzene rings is 9. The lowest BCUT2D eigenvalue weighted by molar-refractivity contribution is 0.195. The second-order valence-electron chi connectivity index (χ2n) is 26.9. The third kappa shape index (κ3) is 7.58. The van der Waals surface area contributed by atoms with E-state index in [1.54, 1.807) is 0 Å². The van der Waals surface area contributed by atoms with Gasteiger partial charge in [0.1, 0.15) is 0 Å². The zero-order valence-electron chi connectivity index (χ0n) is 48.1. The lowest BCUT2D eigenvalue weighted by Crippen LogP contribution is -2.62. The minimum atomic E-state index is -0.200. The van der Waals surface area contributed by atoms with Gasteiger partial charge in [-0.2, -0.15) is 0 Å². The Balaban J connectivity index is 1.14. The molecule has 0 amide bonds. The Bertz CT molecular complexity index is 4100. The molecule has 0 N–H and O–H groups in total. The van der Waals surface area contributed by atoms with Crippen molar-refractivity contribution in [3.8, 4) is 22.3 Å². The van der Waals surface area contributed by atoms with E-state index >= 15 is 0 Å². The molecule has 392 valence electrons. The number of anilines is 8. The Morgan fingerprint density at radius 3 is 1.59 bits per heavy atom. The van der Waals surface area contributed by atoms with Crippen molar-refractivity contribution in [1.29, 1.82) is 0 Å². The quantitative estimate of drug-likeness (QED) is 0.159. The van der Waals surface area contributed by atoms with Gasteiger partial charge in [-0.3, -0.25) is 0 Å². The number of fused-ring (bicyclic) bond motifs is 10. The van der Waals surface area contributed by atoms with Gasteiger partial charge in [-0.15, -0.1) is 11.3 Å². The van der Waals surface area contributed by atoms with Crippen LogP contribution in [0.5, 0.6) is 0 Å². The first-order valence-corrected chi connectivity index (χ1v) is 29.8. The smallest absolute Gasteiger partial charge is 0.252 e. The zero-order valence-corrected chi connectivity index (χ0v) is 48.9. The van der Waals surface area contributed by atoms with Gasteiger partial charge in [0.05, 0.1) is 16.9 Å². The van der Waals surface area contributed by atoms with E-state index in [0.717, 1.165) is 12.8 Å². The van der Waals surface area contributed by atoms with Gasteiger partial charge in [-0.25, -0.2) is 0 Å². The van der Waals surface area contributed by atoms with Gasteiger partial charge >= 0.3 is 0 Å². The summed E-state index contributed by atoms with van der Waals surface area (Å²) in [5.74, 6) is 0. The molecule has 1 saturated carbocycles. The predicted molar refractivity (Wildman–Crippen MR) is 343 cm³/mol. The summed E-state index contributed by atoms with van der Waals surface area (Å²) < 4.78 is 2.62. The molecular weight excluding hydrogens is 974 g/mol. The second kappa shape index (κ2) is 17.6. The van der Waals surface area contributed by atoms with Crippen LogP contribution in [0.25, 0.3) is 42.4 Å². The molecule has 10 aromatic rings. The average molecular weight is 1050 g/mol. The van der Waals surface area contributed by atoms with E-state index in [0.29, 0.717) is 0 Å². The van der Waals surface area contributed by atoms with Crippen LogP contribution >= 0.6 is 11.3 Å². The molecule has 79 heavy (non-hydrogen) atoms. The van der Waals surface area contributed by atoms with E-state index < -0.39 is 0 Å². The molecule has 0 spiro atoms. The summed E-state index contributed by atoms with van der Waals surface area (Å²) in [6.07, 6.45) is 4.66. The molecule has 0 saturated heterocycles. The van der Waals surface area contributed by atoms with Crippen molar-refractivity contribution in [3.05, 3.63) is 210 Å². The molecule has 4 aliphatic rings. The van der Waals surface area contributed by atoms with Crippen LogP contribution in [0.1, 0.15) is 124 Å². The molecule has 5 heteroatoms. The van der Waals surface area contributed by atoms with Crippen molar-refractivity contribution in [3.63, 3.8) is 0 Å². The maximum atomic E-state index is 2.83. The lowest BCUT2D eigenvalue weighted by atomic mass is 9.33. The molecule has 2 atom stereocenters. The Kier molecular flexibility index (Phi) is 11.1. The van der Waals surface area contributed by atoms with Crippen LogP contribution in [0, 0.1) is 0 Å². The van der Waals surface area contributed by atoms with Crippen LogP contribution < -0.4 is 31.1 Å². The molecule has 0 bridgehead atoms. The summed E-state index contributed by atoms with van der Waals surface area (Å²) in [5.41, 5.74) is 24.0. The summed E-state index contributed by atoms with van der Waals surface area (Å²) in [6, 6.07) is 73.3. The fourth-order valence-corrected chi connectivity index (χ4v) is 15.6. The minimum Gasteiger partial charge on any atom is -0.334 e. The summed E-state index contributed by atoms with van der Waals surface area (Å²) in [6.45, 7) is 26.4. The number of nitrogens with zero attached hydrogens (tertiary/aromatic N) is 3. The largest absolute Gasteiger partial charge is 0.334 e. The predicted octanol–water partition coefficient (Wildman–Crippen LogP) is 19.1. The van der Waals surface area contributed by atoms with Crippen LogP contribution in [0.2, 0.25) is 0 Å². The first-order valence-electron chi connectivity index (χ1n) is 29.0. The van der Waals surface area contributed by atoms with E-state index in [4.69, 9.17) is 0 Å². The Hall–Kier alpha value is -7.34. The maximum absolute atomic E-state index is 2.83. The SMILES string of the molecule is CC(C)(C)c1ccc2c(c1)B1c3cc(C(C)(C)C)ccc3N(c3cccc4sc5ccccc5c34)c3cc(N4c5ccc(-c6ccccc6)cc5C5(C)CCCCC45C)cc(c31)N2c1ccc(C(C)(C)C)cc1-c1ccccc1. The molecular formula is C74H72BN3S. The van der Waals surface area contributed by atoms with Crippen molar-refractivity contribution >= 4 is 100 Å². The highest BCUT2D eigenvalue weighted by atomic mass is 32.1. The number of rotatable bonds is 5. The highest BCUT2D eigenvalue weighted by Crippen LogP contribution is 2.63. The van der Waals surface area contributed by atoms with Crippen LogP contribution in [-0.4, -0.2) is 12.3 Å². The number of hydrogen-bond donors (Lipinski definition) is 0. The third-order valence-electron chi connectivity index (χ3n) is 19.1. The van der Waals surface area contributed by atoms with Gasteiger partial charge < -0.3 is 14.7 Å². The van der Waals surface area contributed by atoms with E-state index in [1.807, 2.05) is 11.3 Å². The molecule has 1 aromatic heterocycles. The van der Waals surface area contributed by atoms with E-state index in [-0.39, 0.29) is 33.9 Å². The van der Waals surface area contributed by atoms with Crippen LogP contribution in [0.15, 0.2) is 188 Å².